The molecule has 9 heteroatoms. The van der Waals surface area contributed by atoms with Gasteiger partial charge in [-0.05, 0) is 106 Å². The number of carboxylic acids is 1. The number of carbonyl (C=O) groups is 2. The van der Waals surface area contributed by atoms with Crippen molar-refractivity contribution in [3.05, 3.63) is 143 Å². The lowest BCUT2D eigenvalue weighted by Gasteiger charge is -2.42. The second kappa shape index (κ2) is 17.2. The van der Waals surface area contributed by atoms with Crippen molar-refractivity contribution >= 4 is 11.9 Å². The molecule has 296 valence electrons. The van der Waals surface area contributed by atoms with Crippen LogP contribution in [0.3, 0.4) is 0 Å². The molecule has 0 bridgehead atoms. The second-order valence-electron chi connectivity index (χ2n) is 16.4. The third kappa shape index (κ3) is 9.48. The first kappa shape index (κ1) is 39.6. The van der Waals surface area contributed by atoms with Crippen LogP contribution in [-0.2, 0) is 29.0 Å². The zero-order valence-corrected chi connectivity index (χ0v) is 33.5. The number of aliphatic carboxylic acids is 1. The molecule has 0 radical (unpaired) electrons. The van der Waals surface area contributed by atoms with Gasteiger partial charge < -0.3 is 24.6 Å². The highest BCUT2D eigenvalue weighted by Crippen LogP contribution is 2.42. The molecule has 9 nitrogen and oxygen atoms in total. The molecule has 1 amide bonds. The smallest absolute Gasteiger partial charge is 0.326 e. The summed E-state index contributed by atoms with van der Waals surface area (Å²) in [5.74, 6) is 0.752. The van der Waals surface area contributed by atoms with Gasteiger partial charge in [-0.3, -0.25) is 14.7 Å². The fourth-order valence-corrected chi connectivity index (χ4v) is 7.82. The van der Waals surface area contributed by atoms with Crippen molar-refractivity contribution in [3.8, 4) is 28.4 Å². The third-order valence-corrected chi connectivity index (χ3v) is 11.1. The van der Waals surface area contributed by atoms with Gasteiger partial charge in [0, 0.05) is 31.4 Å². The topological polar surface area (TPSA) is 110 Å². The molecule has 57 heavy (non-hydrogen) atoms. The highest BCUT2D eigenvalue weighted by molar-refractivity contribution is 5.87. The number of rotatable bonds is 13. The van der Waals surface area contributed by atoms with Gasteiger partial charge in [0.2, 0.25) is 5.91 Å². The number of carboxylic acid groups (broad SMARTS) is 1. The van der Waals surface area contributed by atoms with Crippen LogP contribution in [0.1, 0.15) is 86.1 Å². The Hall–Kier alpha value is -5.67. The van der Waals surface area contributed by atoms with Gasteiger partial charge in [-0.15, -0.1) is 0 Å². The first-order chi connectivity index (χ1) is 27.5. The Morgan fingerprint density at radius 1 is 0.965 bits per heavy atom. The minimum atomic E-state index is -1.10. The summed E-state index contributed by atoms with van der Waals surface area (Å²) in [5.41, 5.74) is 8.33. The molecule has 2 aliphatic heterocycles. The minimum absolute atomic E-state index is 0.0763. The van der Waals surface area contributed by atoms with Crippen LogP contribution in [0.5, 0.6) is 17.2 Å². The highest BCUT2D eigenvalue weighted by Gasteiger charge is 2.38. The summed E-state index contributed by atoms with van der Waals surface area (Å²) in [7, 11) is 0. The van der Waals surface area contributed by atoms with Crippen molar-refractivity contribution in [3.63, 3.8) is 0 Å². The number of benzene rings is 4. The molecule has 0 aliphatic carbocycles. The van der Waals surface area contributed by atoms with E-state index in [1.165, 1.54) is 0 Å². The average Bonchev–Trinajstić information content (AvgIpc) is 3.20. The first-order valence-corrected chi connectivity index (χ1v) is 20.0. The van der Waals surface area contributed by atoms with Crippen molar-refractivity contribution in [1.29, 1.82) is 0 Å². The highest BCUT2D eigenvalue weighted by atomic mass is 16.6. The molecule has 1 aromatic heterocycles. The standard InChI is InChI=1S/C48H53N3O6/c1-6-41(34-10-8-7-9-11-34)51-29-37-27-44-43(56-30-45(57-44)35-16-18-38(19-17-35)55-23-21-48(3,4)5)26-36(37)25-42(51)46(52)50-40(47(53)54)24-32-12-14-33(15-13-32)39-20-22-49-28-31(39)2/h7-20,22,26-28,40-42,45H,6,21,23-25,29-30H2,1-5H3,(H,50,52)(H,53,54). The van der Waals surface area contributed by atoms with E-state index in [9.17, 15) is 14.7 Å². The second-order valence-corrected chi connectivity index (χ2v) is 16.4. The van der Waals surface area contributed by atoms with E-state index in [4.69, 9.17) is 14.2 Å². The number of fused-ring (bicyclic) bond motifs is 2. The van der Waals surface area contributed by atoms with E-state index in [1.54, 1.807) is 6.20 Å². The van der Waals surface area contributed by atoms with Crippen LogP contribution in [0.25, 0.3) is 11.1 Å². The Bertz CT molecular complexity index is 2160. The van der Waals surface area contributed by atoms with Gasteiger partial charge in [0.1, 0.15) is 18.4 Å². The predicted octanol–water partition coefficient (Wildman–Crippen LogP) is 9.07. The van der Waals surface area contributed by atoms with Crippen molar-refractivity contribution in [1.82, 2.24) is 15.2 Å². The monoisotopic (exact) mass is 767 g/mol. The quantitative estimate of drug-likeness (QED) is 0.122. The minimum Gasteiger partial charge on any atom is -0.494 e. The predicted molar refractivity (Wildman–Crippen MR) is 222 cm³/mol. The van der Waals surface area contributed by atoms with E-state index in [0.29, 0.717) is 37.7 Å². The lowest BCUT2D eigenvalue weighted by atomic mass is 9.89. The number of aromatic nitrogens is 1. The van der Waals surface area contributed by atoms with Crippen molar-refractivity contribution in [2.24, 2.45) is 5.41 Å². The van der Waals surface area contributed by atoms with Crippen molar-refractivity contribution in [2.45, 2.75) is 91.1 Å². The summed E-state index contributed by atoms with van der Waals surface area (Å²) in [6, 6.07) is 30.3. The molecule has 3 heterocycles. The van der Waals surface area contributed by atoms with E-state index in [-0.39, 0.29) is 29.9 Å². The average molecular weight is 768 g/mol. The number of pyridine rings is 1. The zero-order valence-electron chi connectivity index (χ0n) is 33.5. The molecule has 4 aromatic carbocycles. The van der Waals surface area contributed by atoms with Gasteiger partial charge in [0.15, 0.2) is 17.6 Å². The van der Waals surface area contributed by atoms with Crippen LogP contribution in [0.4, 0.5) is 0 Å². The lowest BCUT2D eigenvalue weighted by molar-refractivity contribution is -0.143. The maximum Gasteiger partial charge on any atom is 0.326 e. The Kier molecular flexibility index (Phi) is 12.0. The SMILES string of the molecule is CCC(c1ccccc1)N1Cc2cc3c(cc2CC1C(=O)NC(Cc1ccc(-c2ccncc2C)cc1)C(=O)O)OCC(c1ccc(OCCC(C)(C)C)cc1)O3. The van der Waals surface area contributed by atoms with Gasteiger partial charge in [-0.2, -0.15) is 0 Å². The molecule has 2 aliphatic rings. The van der Waals surface area contributed by atoms with Gasteiger partial charge in [0.05, 0.1) is 12.6 Å². The molecule has 4 atom stereocenters. The van der Waals surface area contributed by atoms with E-state index in [1.807, 2.05) is 92.0 Å². The Balaban J connectivity index is 1.10. The number of aryl methyl sites for hydroxylation is 1. The Morgan fingerprint density at radius 3 is 2.39 bits per heavy atom. The number of amides is 1. The third-order valence-electron chi connectivity index (χ3n) is 11.1. The van der Waals surface area contributed by atoms with E-state index >= 15 is 0 Å². The molecule has 7 rings (SSSR count). The molecule has 0 spiro atoms. The normalized spacial score (nSPS) is 17.6. The number of nitrogens with one attached hydrogen (secondary N) is 1. The molecule has 0 saturated heterocycles. The van der Waals surface area contributed by atoms with Gasteiger partial charge in [-0.25, -0.2) is 4.79 Å². The molecule has 0 saturated carbocycles. The van der Waals surface area contributed by atoms with Crippen LogP contribution >= 0.6 is 0 Å². The van der Waals surface area contributed by atoms with E-state index in [2.05, 4.69) is 61.1 Å². The zero-order chi connectivity index (χ0) is 40.1. The number of carbonyl (C=O) groups excluding carboxylic acids is 1. The summed E-state index contributed by atoms with van der Waals surface area (Å²) in [6.45, 7) is 12.2. The number of hydrogen-bond donors (Lipinski definition) is 2. The molecule has 4 unspecified atom stereocenters. The van der Waals surface area contributed by atoms with Gasteiger partial charge in [-0.1, -0.05) is 94.4 Å². The van der Waals surface area contributed by atoms with Crippen molar-refractivity contribution < 1.29 is 28.9 Å². The fraction of sp³-hybridized carbons (Fsp3) is 0.354. The van der Waals surface area contributed by atoms with Crippen LogP contribution in [0, 0.1) is 12.3 Å². The number of hydrogen-bond acceptors (Lipinski definition) is 7. The summed E-state index contributed by atoms with van der Waals surface area (Å²) in [5, 5.41) is 13.3. The largest absolute Gasteiger partial charge is 0.494 e. The van der Waals surface area contributed by atoms with Crippen LogP contribution in [-0.4, -0.2) is 52.2 Å². The molecule has 2 N–H and O–H groups in total. The molecular weight excluding hydrogens is 715 g/mol. The summed E-state index contributed by atoms with van der Waals surface area (Å²) in [4.78, 5) is 33.4. The maximum atomic E-state index is 14.4. The fourth-order valence-electron chi connectivity index (χ4n) is 7.82. The number of ether oxygens (including phenoxy) is 3. The van der Waals surface area contributed by atoms with Gasteiger partial charge in [0.25, 0.3) is 0 Å². The van der Waals surface area contributed by atoms with Crippen molar-refractivity contribution in [2.75, 3.05) is 13.2 Å². The summed E-state index contributed by atoms with van der Waals surface area (Å²) >= 11 is 0. The van der Waals surface area contributed by atoms with Crippen LogP contribution < -0.4 is 19.5 Å². The summed E-state index contributed by atoms with van der Waals surface area (Å²) < 4.78 is 18.9. The van der Waals surface area contributed by atoms with Crippen LogP contribution in [0.2, 0.25) is 0 Å². The molecule has 0 fully saturated rings. The van der Waals surface area contributed by atoms with Crippen LogP contribution in [0.15, 0.2) is 109 Å². The lowest BCUT2D eigenvalue weighted by Crippen LogP contribution is -2.55. The molecule has 5 aromatic rings. The summed E-state index contributed by atoms with van der Waals surface area (Å²) in [6.07, 6.45) is 5.58. The number of nitrogens with zero attached hydrogens (tertiary/aromatic N) is 2. The Labute approximate surface area is 336 Å². The Morgan fingerprint density at radius 2 is 1.70 bits per heavy atom. The first-order valence-electron chi connectivity index (χ1n) is 20.0. The van der Waals surface area contributed by atoms with Gasteiger partial charge >= 0.3 is 5.97 Å². The van der Waals surface area contributed by atoms with E-state index < -0.39 is 18.1 Å². The molecular formula is C48H53N3O6. The maximum absolute atomic E-state index is 14.4. The van der Waals surface area contributed by atoms with E-state index in [0.717, 1.165) is 63.1 Å².